The van der Waals surface area contributed by atoms with Crippen molar-refractivity contribution in [2.24, 2.45) is 0 Å². The molecule has 17 heavy (non-hydrogen) atoms. The minimum absolute atomic E-state index is 0.151. The molecule has 1 amide bonds. The second-order valence-electron chi connectivity index (χ2n) is 3.24. The van der Waals surface area contributed by atoms with Crippen molar-refractivity contribution < 1.29 is 19.0 Å². The van der Waals surface area contributed by atoms with Crippen LogP contribution in [0.5, 0.6) is 17.2 Å². The van der Waals surface area contributed by atoms with Gasteiger partial charge in [0.2, 0.25) is 12.5 Å². The lowest BCUT2D eigenvalue weighted by Crippen LogP contribution is -2.08. The van der Waals surface area contributed by atoms with Gasteiger partial charge in [-0.05, 0) is 12.8 Å². The lowest BCUT2D eigenvalue weighted by atomic mass is 10.2. The van der Waals surface area contributed by atoms with Crippen molar-refractivity contribution in [2.45, 2.75) is 6.92 Å². The molecule has 1 heterocycles. The van der Waals surface area contributed by atoms with Crippen molar-refractivity contribution in [1.82, 2.24) is 0 Å². The molecule has 5 nitrogen and oxygen atoms in total. The summed E-state index contributed by atoms with van der Waals surface area (Å²) in [5, 5.41) is 2.62. The molecule has 0 bridgehead atoms. The third-order valence-electron chi connectivity index (χ3n) is 2.15. The second kappa shape index (κ2) is 4.66. The lowest BCUT2D eigenvalue weighted by Gasteiger charge is -2.07. The standard InChI is InChI=1S/C12H11NO4/c1-3-4-11(14)13-8-5-9(15-2)12-10(6-8)16-7-17-12/h5-6H,7H2,1-2H3,(H,13,14). The zero-order valence-corrected chi connectivity index (χ0v) is 9.49. The molecule has 5 heteroatoms. The summed E-state index contributed by atoms with van der Waals surface area (Å²) in [5.74, 6) is 6.13. The normalized spacial score (nSPS) is 11.4. The summed E-state index contributed by atoms with van der Waals surface area (Å²) >= 11 is 0. The number of ether oxygens (including phenoxy) is 3. The van der Waals surface area contributed by atoms with Crippen LogP contribution >= 0.6 is 0 Å². The van der Waals surface area contributed by atoms with Gasteiger partial charge in [-0.15, -0.1) is 0 Å². The van der Waals surface area contributed by atoms with Crippen molar-refractivity contribution in [1.29, 1.82) is 0 Å². The molecule has 0 radical (unpaired) electrons. The first-order chi connectivity index (χ1) is 8.24. The van der Waals surface area contributed by atoms with E-state index in [1.807, 2.05) is 0 Å². The molecular formula is C12H11NO4. The van der Waals surface area contributed by atoms with E-state index in [2.05, 4.69) is 17.2 Å². The SMILES string of the molecule is CC#CC(=O)Nc1cc(OC)c2c(c1)OCO2. The highest BCUT2D eigenvalue weighted by molar-refractivity contribution is 6.04. The van der Waals surface area contributed by atoms with E-state index < -0.39 is 0 Å². The molecule has 0 saturated heterocycles. The first-order valence-electron chi connectivity index (χ1n) is 4.96. The Morgan fingerprint density at radius 1 is 1.47 bits per heavy atom. The summed E-state index contributed by atoms with van der Waals surface area (Å²) in [4.78, 5) is 11.3. The minimum atomic E-state index is -0.381. The predicted octanol–water partition coefficient (Wildman–Crippen LogP) is 1.39. The quantitative estimate of drug-likeness (QED) is 0.784. The smallest absolute Gasteiger partial charge is 0.300 e. The van der Waals surface area contributed by atoms with Crippen molar-refractivity contribution >= 4 is 11.6 Å². The zero-order valence-electron chi connectivity index (χ0n) is 9.49. The zero-order chi connectivity index (χ0) is 12.3. The molecule has 88 valence electrons. The van der Waals surface area contributed by atoms with Gasteiger partial charge in [0.05, 0.1) is 7.11 Å². The van der Waals surface area contributed by atoms with Gasteiger partial charge in [0.25, 0.3) is 5.91 Å². The summed E-state index contributed by atoms with van der Waals surface area (Å²) in [6.07, 6.45) is 0. The summed E-state index contributed by atoms with van der Waals surface area (Å²) < 4.78 is 15.6. The Labute approximate surface area is 98.7 Å². The number of carbonyl (C=O) groups excluding carboxylic acids is 1. The van der Waals surface area contributed by atoms with Crippen LogP contribution in [-0.2, 0) is 4.79 Å². The molecule has 0 aliphatic carbocycles. The molecule has 1 aliphatic rings. The van der Waals surface area contributed by atoms with Crippen LogP contribution in [0.15, 0.2) is 12.1 Å². The molecule has 0 atom stereocenters. The monoisotopic (exact) mass is 233 g/mol. The van der Waals surface area contributed by atoms with Gasteiger partial charge in [-0.1, -0.05) is 5.92 Å². The van der Waals surface area contributed by atoms with Gasteiger partial charge in [0.1, 0.15) is 0 Å². The fourth-order valence-electron chi connectivity index (χ4n) is 1.48. The first-order valence-corrected chi connectivity index (χ1v) is 4.96. The van der Waals surface area contributed by atoms with E-state index in [0.717, 1.165) is 0 Å². The van der Waals surface area contributed by atoms with Crippen molar-refractivity contribution in [3.63, 3.8) is 0 Å². The summed E-state index contributed by atoms with van der Waals surface area (Å²) in [6, 6.07) is 3.32. The second-order valence-corrected chi connectivity index (χ2v) is 3.24. The molecule has 0 unspecified atom stereocenters. The van der Waals surface area contributed by atoms with Crippen LogP contribution in [0.25, 0.3) is 0 Å². The Bertz CT molecular complexity index is 513. The Balaban J connectivity index is 2.29. The highest BCUT2D eigenvalue weighted by atomic mass is 16.7. The number of benzene rings is 1. The van der Waals surface area contributed by atoms with Crippen LogP contribution in [0, 0.1) is 11.8 Å². The number of fused-ring (bicyclic) bond motifs is 1. The average Bonchev–Trinajstić information content (AvgIpc) is 2.76. The lowest BCUT2D eigenvalue weighted by molar-refractivity contribution is -0.111. The predicted molar refractivity (Wildman–Crippen MR) is 61.2 cm³/mol. The number of methoxy groups -OCH3 is 1. The number of hydrogen-bond donors (Lipinski definition) is 1. The molecule has 0 spiro atoms. The first kappa shape index (κ1) is 11.1. The number of rotatable bonds is 2. The molecule has 1 aromatic carbocycles. The summed E-state index contributed by atoms with van der Waals surface area (Å²) in [5.41, 5.74) is 0.554. The van der Waals surface area contributed by atoms with Crippen molar-refractivity contribution in [2.75, 3.05) is 19.2 Å². The van der Waals surface area contributed by atoms with E-state index in [0.29, 0.717) is 22.9 Å². The molecule has 0 saturated carbocycles. The highest BCUT2D eigenvalue weighted by Gasteiger charge is 2.20. The third kappa shape index (κ3) is 2.26. The van der Waals surface area contributed by atoms with Crippen molar-refractivity contribution in [3.8, 4) is 29.1 Å². The van der Waals surface area contributed by atoms with E-state index >= 15 is 0 Å². The summed E-state index contributed by atoms with van der Waals surface area (Å²) in [6.45, 7) is 1.75. The Kier molecular flexibility index (Phi) is 3.06. The van der Waals surface area contributed by atoms with Gasteiger partial charge in [0, 0.05) is 17.8 Å². The van der Waals surface area contributed by atoms with Crippen LogP contribution < -0.4 is 19.5 Å². The summed E-state index contributed by atoms with van der Waals surface area (Å²) in [7, 11) is 1.52. The topological polar surface area (TPSA) is 56.8 Å². The number of amides is 1. The molecule has 1 N–H and O–H groups in total. The number of carbonyl (C=O) groups is 1. The Morgan fingerprint density at radius 3 is 3.00 bits per heavy atom. The van der Waals surface area contributed by atoms with E-state index in [4.69, 9.17) is 14.2 Å². The molecule has 0 fully saturated rings. The number of nitrogens with one attached hydrogen (secondary N) is 1. The maximum atomic E-state index is 11.3. The van der Waals surface area contributed by atoms with Gasteiger partial charge in [0.15, 0.2) is 11.5 Å². The van der Waals surface area contributed by atoms with Crippen LogP contribution in [0.4, 0.5) is 5.69 Å². The van der Waals surface area contributed by atoms with Gasteiger partial charge in [-0.2, -0.15) is 0 Å². The van der Waals surface area contributed by atoms with Gasteiger partial charge < -0.3 is 19.5 Å². The molecular weight excluding hydrogens is 222 g/mol. The Hall–Kier alpha value is -2.35. The van der Waals surface area contributed by atoms with E-state index in [9.17, 15) is 4.79 Å². The van der Waals surface area contributed by atoms with Gasteiger partial charge in [-0.3, -0.25) is 4.79 Å². The van der Waals surface area contributed by atoms with Crippen LogP contribution in [0.2, 0.25) is 0 Å². The third-order valence-corrected chi connectivity index (χ3v) is 2.15. The fraction of sp³-hybridized carbons (Fsp3) is 0.250. The molecule has 1 aromatic rings. The number of anilines is 1. The van der Waals surface area contributed by atoms with Gasteiger partial charge >= 0.3 is 0 Å². The van der Waals surface area contributed by atoms with Crippen LogP contribution in [0.3, 0.4) is 0 Å². The van der Waals surface area contributed by atoms with Crippen LogP contribution in [-0.4, -0.2) is 19.8 Å². The highest BCUT2D eigenvalue weighted by Crippen LogP contribution is 2.43. The molecule has 0 aromatic heterocycles. The van der Waals surface area contributed by atoms with Crippen LogP contribution in [0.1, 0.15) is 6.92 Å². The fourth-order valence-corrected chi connectivity index (χ4v) is 1.48. The van der Waals surface area contributed by atoms with E-state index in [-0.39, 0.29) is 12.7 Å². The van der Waals surface area contributed by atoms with Crippen molar-refractivity contribution in [3.05, 3.63) is 12.1 Å². The maximum Gasteiger partial charge on any atom is 0.300 e. The average molecular weight is 233 g/mol. The number of hydrogen-bond acceptors (Lipinski definition) is 4. The van der Waals surface area contributed by atoms with Gasteiger partial charge in [-0.25, -0.2) is 0 Å². The maximum absolute atomic E-state index is 11.3. The van der Waals surface area contributed by atoms with E-state index in [1.54, 1.807) is 19.1 Å². The largest absolute Gasteiger partial charge is 0.493 e. The van der Waals surface area contributed by atoms with E-state index in [1.165, 1.54) is 7.11 Å². The Morgan fingerprint density at radius 2 is 2.29 bits per heavy atom. The molecule has 2 rings (SSSR count). The minimum Gasteiger partial charge on any atom is -0.493 e. The molecule has 1 aliphatic heterocycles.